The van der Waals surface area contributed by atoms with Gasteiger partial charge in [-0.05, 0) is 65.8 Å². The molecule has 1 heterocycles. The zero-order valence-electron chi connectivity index (χ0n) is 19.0. The third-order valence-electron chi connectivity index (χ3n) is 6.09. The van der Waals surface area contributed by atoms with Crippen molar-refractivity contribution in [2.45, 2.75) is 66.2 Å². The van der Waals surface area contributed by atoms with E-state index in [1.807, 2.05) is 0 Å². The highest BCUT2D eigenvalue weighted by atomic mass is 14.9. The molecule has 27 heavy (non-hydrogen) atoms. The van der Waals surface area contributed by atoms with Crippen molar-refractivity contribution in [3.8, 4) is 11.3 Å². The standard InChI is InChI=1S/C26H34N/c1-8-20(9-2)22-12-13-24-23(15-22)14-19(6)27(7)26(24)25-16-21(17(3)4)11-10-18(25)5/h10-17,20H,8-9H2,1-7H3/q+1/i14D. The van der Waals surface area contributed by atoms with E-state index in [9.17, 15) is 0 Å². The summed E-state index contributed by atoms with van der Waals surface area (Å²) in [4.78, 5) is 0. The van der Waals surface area contributed by atoms with Crippen molar-refractivity contribution in [1.82, 2.24) is 0 Å². The number of hydrogen-bond donors (Lipinski definition) is 0. The number of aryl methyl sites for hydroxylation is 1. The maximum Gasteiger partial charge on any atom is 0.220 e. The minimum atomic E-state index is 0.494. The van der Waals surface area contributed by atoms with E-state index in [2.05, 4.69) is 89.6 Å². The summed E-state index contributed by atoms with van der Waals surface area (Å²) in [6, 6.07) is 14.3. The van der Waals surface area contributed by atoms with E-state index >= 15 is 0 Å². The Morgan fingerprint density at radius 2 is 1.63 bits per heavy atom. The van der Waals surface area contributed by atoms with Gasteiger partial charge in [-0.25, -0.2) is 0 Å². The predicted molar refractivity (Wildman–Crippen MR) is 117 cm³/mol. The van der Waals surface area contributed by atoms with Crippen LogP contribution >= 0.6 is 0 Å². The average molecular weight is 362 g/mol. The van der Waals surface area contributed by atoms with Gasteiger partial charge in [0.05, 0.1) is 6.76 Å². The van der Waals surface area contributed by atoms with Crippen molar-refractivity contribution in [3.05, 3.63) is 64.8 Å². The Kier molecular flexibility index (Phi) is 5.29. The number of hydrogen-bond acceptors (Lipinski definition) is 0. The van der Waals surface area contributed by atoms with Crippen molar-refractivity contribution >= 4 is 10.8 Å². The first-order valence-corrected chi connectivity index (χ1v) is 10.3. The zero-order chi connectivity index (χ0) is 20.6. The highest BCUT2D eigenvalue weighted by molar-refractivity contribution is 5.94. The van der Waals surface area contributed by atoms with E-state index in [-0.39, 0.29) is 0 Å². The van der Waals surface area contributed by atoms with Crippen LogP contribution in [0.1, 0.15) is 76.1 Å². The lowest BCUT2D eigenvalue weighted by molar-refractivity contribution is -0.665. The second kappa shape index (κ2) is 7.84. The molecule has 0 aliphatic carbocycles. The molecule has 1 aromatic heterocycles. The van der Waals surface area contributed by atoms with E-state index in [4.69, 9.17) is 1.37 Å². The van der Waals surface area contributed by atoms with Gasteiger partial charge < -0.3 is 0 Å². The maximum absolute atomic E-state index is 8.78. The minimum Gasteiger partial charge on any atom is -0.198 e. The normalized spacial score (nSPS) is 12.3. The summed E-state index contributed by atoms with van der Waals surface area (Å²) >= 11 is 0. The van der Waals surface area contributed by atoms with E-state index in [1.54, 1.807) is 0 Å². The van der Waals surface area contributed by atoms with Crippen LogP contribution in [-0.2, 0) is 7.05 Å². The molecule has 0 radical (unpaired) electrons. The molecule has 2 aromatic carbocycles. The summed E-state index contributed by atoms with van der Waals surface area (Å²) in [7, 11) is 2.10. The molecule has 0 spiro atoms. The molecule has 0 saturated heterocycles. The highest BCUT2D eigenvalue weighted by Gasteiger charge is 2.21. The fourth-order valence-corrected chi connectivity index (χ4v) is 4.09. The first-order chi connectivity index (χ1) is 13.3. The van der Waals surface area contributed by atoms with Crippen LogP contribution in [0.15, 0.2) is 42.4 Å². The van der Waals surface area contributed by atoms with Gasteiger partial charge in [0.15, 0.2) is 5.69 Å². The first kappa shape index (κ1) is 18.2. The molecule has 0 aliphatic heterocycles. The number of benzene rings is 2. The second-order valence-corrected chi connectivity index (χ2v) is 8.17. The molecule has 3 aromatic rings. The van der Waals surface area contributed by atoms with Gasteiger partial charge in [0.2, 0.25) is 5.69 Å². The number of rotatable bonds is 5. The molecular formula is C26H34N+. The van der Waals surface area contributed by atoms with Crippen LogP contribution in [-0.4, -0.2) is 0 Å². The molecule has 0 saturated carbocycles. The van der Waals surface area contributed by atoms with Gasteiger partial charge in [-0.2, -0.15) is 4.57 Å². The largest absolute Gasteiger partial charge is 0.220 e. The molecule has 0 amide bonds. The van der Waals surface area contributed by atoms with Crippen LogP contribution in [0.5, 0.6) is 0 Å². The number of fused-ring (bicyclic) bond motifs is 1. The third kappa shape index (κ3) is 3.65. The molecular weight excluding hydrogens is 326 g/mol. The van der Waals surface area contributed by atoms with Crippen LogP contribution in [0.3, 0.4) is 0 Å². The molecule has 3 rings (SSSR count). The van der Waals surface area contributed by atoms with Gasteiger partial charge in [0.1, 0.15) is 7.05 Å². The SMILES string of the molecule is [2H]c1c(C)[n+](C)c(-c2cc(C(C)C)ccc2C)c2ccc(C(CC)CC)cc12. The van der Waals surface area contributed by atoms with Gasteiger partial charge in [0.25, 0.3) is 0 Å². The van der Waals surface area contributed by atoms with Crippen molar-refractivity contribution in [1.29, 1.82) is 0 Å². The molecule has 0 N–H and O–H groups in total. The van der Waals surface area contributed by atoms with Gasteiger partial charge in [-0.3, -0.25) is 0 Å². The van der Waals surface area contributed by atoms with Gasteiger partial charge in [0, 0.05) is 18.5 Å². The quantitative estimate of drug-likeness (QED) is 0.432. The molecule has 142 valence electrons. The number of nitrogens with zero attached hydrogens (tertiary/aromatic N) is 1. The molecule has 1 nitrogen and oxygen atoms in total. The maximum atomic E-state index is 8.78. The van der Waals surface area contributed by atoms with E-state index in [0.29, 0.717) is 17.9 Å². The van der Waals surface area contributed by atoms with Gasteiger partial charge in [-0.1, -0.05) is 52.0 Å². The first-order valence-electron chi connectivity index (χ1n) is 10.8. The Labute approximate surface area is 166 Å². The number of aromatic nitrogens is 1. The molecule has 0 unspecified atom stereocenters. The summed E-state index contributed by atoms with van der Waals surface area (Å²) in [6.07, 6.45) is 2.27. The summed E-state index contributed by atoms with van der Waals surface area (Å²) in [5.74, 6) is 1.06. The van der Waals surface area contributed by atoms with Crippen LogP contribution in [0, 0.1) is 13.8 Å². The zero-order valence-corrected chi connectivity index (χ0v) is 18.0. The van der Waals surface area contributed by atoms with Crippen molar-refractivity contribution in [2.75, 3.05) is 0 Å². The third-order valence-corrected chi connectivity index (χ3v) is 6.09. The van der Waals surface area contributed by atoms with Gasteiger partial charge in [-0.15, -0.1) is 0 Å². The highest BCUT2D eigenvalue weighted by Crippen LogP contribution is 2.33. The van der Waals surface area contributed by atoms with E-state index in [0.717, 1.165) is 23.9 Å². The lowest BCUT2D eigenvalue weighted by Crippen LogP contribution is -2.35. The molecule has 0 aliphatic rings. The van der Waals surface area contributed by atoms with Crippen LogP contribution in [0.2, 0.25) is 0 Å². The fourth-order valence-electron chi connectivity index (χ4n) is 4.09. The summed E-state index contributed by atoms with van der Waals surface area (Å²) < 4.78 is 11.0. The van der Waals surface area contributed by atoms with Crippen molar-refractivity contribution in [2.24, 2.45) is 7.05 Å². The van der Waals surface area contributed by atoms with Crippen LogP contribution in [0.25, 0.3) is 22.0 Å². The minimum absolute atomic E-state index is 0.494. The Morgan fingerprint density at radius 3 is 2.26 bits per heavy atom. The molecule has 0 fully saturated rings. The van der Waals surface area contributed by atoms with Crippen molar-refractivity contribution in [3.63, 3.8) is 0 Å². The fraction of sp³-hybridized carbons (Fsp3) is 0.423. The van der Waals surface area contributed by atoms with Gasteiger partial charge >= 0.3 is 0 Å². The number of pyridine rings is 1. The Bertz CT molecular complexity index is 1010. The molecule has 0 bridgehead atoms. The van der Waals surface area contributed by atoms with E-state index < -0.39 is 0 Å². The summed E-state index contributed by atoms with van der Waals surface area (Å²) in [6.45, 7) is 13.2. The van der Waals surface area contributed by atoms with E-state index in [1.165, 1.54) is 33.3 Å². The van der Waals surface area contributed by atoms with Crippen LogP contribution in [0.4, 0.5) is 0 Å². The average Bonchev–Trinajstić information content (AvgIpc) is 2.68. The Hall–Kier alpha value is -2.15. The molecule has 1 heteroatoms. The second-order valence-electron chi connectivity index (χ2n) is 8.17. The predicted octanol–water partition coefficient (Wildman–Crippen LogP) is 6.98. The smallest absolute Gasteiger partial charge is 0.198 e. The topological polar surface area (TPSA) is 3.88 Å². The summed E-state index contributed by atoms with van der Waals surface area (Å²) in [5.41, 5.74) is 7.51. The Morgan fingerprint density at radius 1 is 0.963 bits per heavy atom. The monoisotopic (exact) mass is 361 g/mol. The lowest BCUT2D eigenvalue weighted by atomic mass is 9.90. The summed E-state index contributed by atoms with van der Waals surface area (Å²) in [5, 5.41) is 2.25. The van der Waals surface area contributed by atoms with Crippen LogP contribution < -0.4 is 4.57 Å². The Balaban J connectivity index is 2.36. The lowest BCUT2D eigenvalue weighted by Gasteiger charge is -2.16. The molecule has 0 atom stereocenters. The van der Waals surface area contributed by atoms with Crippen molar-refractivity contribution < 1.29 is 5.94 Å².